The number of nitrogens with zero attached hydrogens (tertiary/aromatic N) is 1. The van der Waals surface area contributed by atoms with Crippen LogP contribution in [0.4, 0.5) is 4.39 Å². The molecule has 0 radical (unpaired) electrons. The van der Waals surface area contributed by atoms with E-state index in [1.165, 1.54) is 12.1 Å². The van der Waals surface area contributed by atoms with E-state index in [1.807, 2.05) is 30.5 Å². The van der Waals surface area contributed by atoms with E-state index in [4.69, 9.17) is 0 Å². The van der Waals surface area contributed by atoms with Crippen LogP contribution in [0.15, 0.2) is 66.9 Å². The van der Waals surface area contributed by atoms with Gasteiger partial charge in [0.2, 0.25) is 0 Å². The number of carbonyl (C=O) groups is 1. The van der Waals surface area contributed by atoms with Crippen molar-refractivity contribution in [3.05, 3.63) is 83.8 Å². The standard InChI is InChI=1S/C28H28FNO4.Na/c1-17(2)26-24(12-11-21(31)15-22(32)16-25(33)34)27(19-7-9-20(29)10-8-19)30-14-13-18-5-3-4-6-23(18)28(26)30;/h3-14,17,21-22,31-32H,15-16H2,1-2H3,(H,33,34);/q;+1/p-1/b12-11+;. The van der Waals surface area contributed by atoms with E-state index in [2.05, 4.69) is 30.4 Å². The summed E-state index contributed by atoms with van der Waals surface area (Å²) >= 11 is 0. The fraction of sp³-hybridized carbons (Fsp3) is 0.250. The minimum absolute atomic E-state index is 0. The summed E-state index contributed by atoms with van der Waals surface area (Å²) in [7, 11) is 0. The van der Waals surface area contributed by atoms with Crippen molar-refractivity contribution in [3.63, 3.8) is 0 Å². The molecule has 2 aromatic carbocycles. The van der Waals surface area contributed by atoms with Gasteiger partial charge >= 0.3 is 29.6 Å². The zero-order valence-electron chi connectivity index (χ0n) is 20.1. The van der Waals surface area contributed by atoms with Gasteiger partial charge in [-0.2, -0.15) is 0 Å². The molecule has 2 unspecified atom stereocenters. The number of carboxylic acid groups (broad SMARTS) is 1. The van der Waals surface area contributed by atoms with E-state index < -0.39 is 24.6 Å². The maximum atomic E-state index is 13.7. The van der Waals surface area contributed by atoms with Crippen LogP contribution in [-0.2, 0) is 4.79 Å². The molecule has 2 heterocycles. The Morgan fingerprint density at radius 1 is 1.09 bits per heavy atom. The molecule has 0 aliphatic rings. The summed E-state index contributed by atoms with van der Waals surface area (Å²) in [5.74, 6) is -1.56. The maximum absolute atomic E-state index is 13.7. The topological polar surface area (TPSA) is 85.0 Å². The Balaban J connectivity index is 0.00000342. The molecule has 2 atom stereocenters. The molecule has 0 bridgehead atoms. The molecule has 0 aliphatic carbocycles. The van der Waals surface area contributed by atoms with Gasteiger partial charge in [0.05, 0.1) is 23.4 Å². The van der Waals surface area contributed by atoms with Crippen LogP contribution in [0.2, 0.25) is 0 Å². The van der Waals surface area contributed by atoms with Gasteiger partial charge in [-0.1, -0.05) is 50.3 Å². The Kier molecular flexibility index (Phi) is 8.91. The third-order valence-electron chi connectivity index (χ3n) is 6.00. The van der Waals surface area contributed by atoms with E-state index in [1.54, 1.807) is 18.2 Å². The predicted molar refractivity (Wildman–Crippen MR) is 130 cm³/mol. The second-order valence-electron chi connectivity index (χ2n) is 8.85. The molecule has 2 aromatic heterocycles. The number of carboxylic acids is 1. The third-order valence-corrected chi connectivity index (χ3v) is 6.00. The summed E-state index contributed by atoms with van der Waals surface area (Å²) in [6, 6.07) is 16.5. The number of aliphatic carboxylic acids is 1. The second kappa shape index (κ2) is 11.5. The molecule has 176 valence electrons. The molecule has 0 spiro atoms. The fourth-order valence-electron chi connectivity index (χ4n) is 4.56. The number of pyridine rings is 1. The van der Waals surface area contributed by atoms with Crippen molar-refractivity contribution in [1.82, 2.24) is 4.40 Å². The number of aliphatic hydroxyl groups is 2. The third kappa shape index (κ3) is 5.85. The fourth-order valence-corrected chi connectivity index (χ4v) is 4.56. The van der Waals surface area contributed by atoms with Gasteiger partial charge in [-0.15, -0.1) is 0 Å². The average Bonchev–Trinajstić information content (AvgIpc) is 3.12. The van der Waals surface area contributed by atoms with Crippen LogP contribution in [0.5, 0.6) is 0 Å². The number of rotatable bonds is 8. The predicted octanol–water partition coefficient (Wildman–Crippen LogP) is 1.29. The Bertz CT molecular complexity index is 1360. The molecule has 4 aromatic rings. The van der Waals surface area contributed by atoms with Crippen molar-refractivity contribution in [2.75, 3.05) is 0 Å². The molecule has 0 fully saturated rings. The number of hydrogen-bond donors (Lipinski definition) is 2. The average molecular weight is 484 g/mol. The van der Waals surface area contributed by atoms with E-state index in [-0.39, 0.29) is 47.7 Å². The Morgan fingerprint density at radius 2 is 1.77 bits per heavy atom. The molecule has 0 amide bonds. The number of aromatic nitrogens is 1. The number of halogens is 1. The molecule has 5 nitrogen and oxygen atoms in total. The van der Waals surface area contributed by atoms with Crippen molar-refractivity contribution in [2.24, 2.45) is 0 Å². The van der Waals surface area contributed by atoms with Crippen LogP contribution in [0.25, 0.3) is 33.6 Å². The number of hydrogen-bond acceptors (Lipinski definition) is 4. The van der Waals surface area contributed by atoms with Crippen molar-refractivity contribution >= 4 is 28.3 Å². The van der Waals surface area contributed by atoms with Crippen molar-refractivity contribution in [3.8, 4) is 11.3 Å². The van der Waals surface area contributed by atoms with Crippen molar-refractivity contribution in [2.45, 2.75) is 44.8 Å². The van der Waals surface area contributed by atoms with Gasteiger partial charge in [-0.3, -0.25) is 0 Å². The van der Waals surface area contributed by atoms with Crippen LogP contribution >= 0.6 is 0 Å². The van der Waals surface area contributed by atoms with Crippen molar-refractivity contribution < 1.29 is 54.1 Å². The van der Waals surface area contributed by atoms with E-state index >= 15 is 0 Å². The zero-order valence-corrected chi connectivity index (χ0v) is 22.1. The summed E-state index contributed by atoms with van der Waals surface area (Å²) in [5.41, 5.74) is 4.69. The molecule has 7 heteroatoms. The first kappa shape index (κ1) is 27.1. The quantitative estimate of drug-likeness (QED) is 0.370. The van der Waals surface area contributed by atoms with Gasteiger partial charge in [0.15, 0.2) is 0 Å². The van der Waals surface area contributed by atoms with E-state index in [0.29, 0.717) is 0 Å². The SMILES string of the molecule is CC(C)c1c(/C=C/C(O)CC(O)CC(=O)[O-])c(-c2ccc(F)cc2)n2ccc3ccccc3c12.[Na+]. The van der Waals surface area contributed by atoms with Crippen LogP contribution in [0, 0.1) is 5.82 Å². The first-order valence-corrected chi connectivity index (χ1v) is 11.3. The minimum Gasteiger partial charge on any atom is -0.550 e. The van der Waals surface area contributed by atoms with Gasteiger partial charge in [0.25, 0.3) is 0 Å². The molecule has 0 aliphatic heterocycles. The first-order valence-electron chi connectivity index (χ1n) is 11.3. The first-order chi connectivity index (χ1) is 16.3. The maximum Gasteiger partial charge on any atom is 1.00 e. The van der Waals surface area contributed by atoms with Crippen LogP contribution in [0.3, 0.4) is 0 Å². The Labute approximate surface area is 225 Å². The Hall–Kier alpha value is -2.48. The monoisotopic (exact) mass is 483 g/mol. The summed E-state index contributed by atoms with van der Waals surface area (Å²) in [6.45, 7) is 4.20. The van der Waals surface area contributed by atoms with Crippen LogP contribution in [-0.4, -0.2) is 32.8 Å². The molecule has 0 saturated carbocycles. The van der Waals surface area contributed by atoms with Gasteiger partial charge < -0.3 is 24.5 Å². The zero-order chi connectivity index (χ0) is 24.4. The largest absolute Gasteiger partial charge is 1.00 e. The normalized spacial score (nSPS) is 13.4. The summed E-state index contributed by atoms with van der Waals surface area (Å²) in [6.07, 6.45) is 2.47. The second-order valence-corrected chi connectivity index (χ2v) is 8.85. The minimum atomic E-state index is -1.37. The summed E-state index contributed by atoms with van der Waals surface area (Å²) in [5, 5.41) is 33.2. The molecule has 0 saturated heterocycles. The molecular formula is C28H27FNNaO4. The smallest absolute Gasteiger partial charge is 0.550 e. The van der Waals surface area contributed by atoms with Gasteiger partial charge in [-0.25, -0.2) is 4.39 Å². The molecule has 4 rings (SSSR count). The number of benzene rings is 2. The summed E-state index contributed by atoms with van der Waals surface area (Å²) < 4.78 is 15.8. The number of aliphatic hydroxyl groups excluding tert-OH is 2. The summed E-state index contributed by atoms with van der Waals surface area (Å²) in [4.78, 5) is 10.7. The molecular weight excluding hydrogens is 456 g/mol. The number of carbonyl (C=O) groups excluding carboxylic acids is 1. The van der Waals surface area contributed by atoms with E-state index in [0.717, 1.165) is 38.7 Å². The van der Waals surface area contributed by atoms with Crippen molar-refractivity contribution in [1.29, 1.82) is 0 Å². The number of fused-ring (bicyclic) bond motifs is 3. The van der Waals surface area contributed by atoms with Crippen LogP contribution in [0.1, 0.15) is 43.7 Å². The molecule has 35 heavy (non-hydrogen) atoms. The van der Waals surface area contributed by atoms with Gasteiger partial charge in [-0.05, 0) is 52.8 Å². The molecule has 2 N–H and O–H groups in total. The van der Waals surface area contributed by atoms with Gasteiger partial charge in [0, 0.05) is 36.0 Å². The Morgan fingerprint density at radius 3 is 2.43 bits per heavy atom. The van der Waals surface area contributed by atoms with Crippen LogP contribution < -0.4 is 34.7 Å². The van der Waals surface area contributed by atoms with Gasteiger partial charge in [0.1, 0.15) is 5.82 Å². The van der Waals surface area contributed by atoms with E-state index in [9.17, 15) is 24.5 Å².